The summed E-state index contributed by atoms with van der Waals surface area (Å²) < 4.78 is 45.1. The molecule has 4 rings (SSSR count). The zero-order chi connectivity index (χ0) is 21.5. The molecular formula is C19H19F3N4O3S. The van der Waals surface area contributed by atoms with E-state index >= 15 is 0 Å². The molecule has 1 aromatic heterocycles. The number of nitrogens with zero attached hydrogens (tertiary/aromatic N) is 3. The van der Waals surface area contributed by atoms with E-state index in [2.05, 4.69) is 4.98 Å². The number of morpholine rings is 1. The fourth-order valence-electron chi connectivity index (χ4n) is 3.74. The molecule has 1 saturated heterocycles. The molecule has 1 fully saturated rings. The molecular weight excluding hydrogens is 421 g/mol. The average molecular weight is 440 g/mol. The molecule has 0 unspecified atom stereocenters. The molecule has 160 valence electrons. The predicted molar refractivity (Wildman–Crippen MR) is 105 cm³/mol. The molecule has 2 amide bonds. The van der Waals surface area contributed by atoms with Crippen molar-refractivity contribution in [3.8, 4) is 0 Å². The smallest absolute Gasteiger partial charge is 0.378 e. The molecule has 0 saturated carbocycles. The Hall–Kier alpha value is -2.66. The number of ether oxygens (including phenoxy) is 1. The summed E-state index contributed by atoms with van der Waals surface area (Å²) in [4.78, 5) is 32.7. The first-order valence-corrected chi connectivity index (χ1v) is 10.2. The first kappa shape index (κ1) is 20.6. The van der Waals surface area contributed by atoms with Gasteiger partial charge in [-0.05, 0) is 24.1 Å². The van der Waals surface area contributed by atoms with Gasteiger partial charge in [-0.15, -0.1) is 0 Å². The van der Waals surface area contributed by atoms with Gasteiger partial charge < -0.3 is 20.3 Å². The van der Waals surface area contributed by atoms with Gasteiger partial charge in [-0.25, -0.2) is 4.98 Å². The number of aromatic nitrogens is 1. The molecule has 7 nitrogen and oxygen atoms in total. The van der Waals surface area contributed by atoms with Crippen LogP contribution in [0, 0.1) is 0 Å². The Bertz CT molecular complexity index is 986. The Morgan fingerprint density at radius 1 is 1.20 bits per heavy atom. The molecule has 30 heavy (non-hydrogen) atoms. The average Bonchev–Trinajstić information content (AvgIpc) is 3.32. The molecule has 2 N–H and O–H groups in total. The van der Waals surface area contributed by atoms with Crippen LogP contribution >= 0.6 is 11.3 Å². The molecule has 0 bridgehead atoms. The van der Waals surface area contributed by atoms with Crippen LogP contribution in [0.5, 0.6) is 0 Å². The first-order chi connectivity index (χ1) is 14.3. The number of primary amides is 1. The van der Waals surface area contributed by atoms with E-state index in [0.717, 1.165) is 17.4 Å². The number of nitrogens with two attached hydrogens (primary N) is 1. The molecule has 2 aromatic rings. The van der Waals surface area contributed by atoms with Gasteiger partial charge in [-0.1, -0.05) is 17.4 Å². The molecule has 0 spiro atoms. The molecule has 1 aromatic carbocycles. The first-order valence-electron chi connectivity index (χ1n) is 9.37. The van der Waals surface area contributed by atoms with Gasteiger partial charge in [0.05, 0.1) is 30.9 Å². The van der Waals surface area contributed by atoms with Crippen LogP contribution in [-0.4, -0.2) is 49.6 Å². The van der Waals surface area contributed by atoms with Crippen molar-refractivity contribution in [2.24, 2.45) is 5.73 Å². The van der Waals surface area contributed by atoms with Gasteiger partial charge in [-0.3, -0.25) is 9.59 Å². The van der Waals surface area contributed by atoms with Gasteiger partial charge in [0, 0.05) is 25.3 Å². The molecule has 3 heterocycles. The van der Waals surface area contributed by atoms with Crippen molar-refractivity contribution >= 4 is 34.0 Å². The van der Waals surface area contributed by atoms with Crippen molar-refractivity contribution in [2.75, 3.05) is 42.6 Å². The van der Waals surface area contributed by atoms with E-state index in [1.165, 1.54) is 17.0 Å². The van der Waals surface area contributed by atoms with Gasteiger partial charge >= 0.3 is 6.18 Å². The van der Waals surface area contributed by atoms with Crippen LogP contribution < -0.4 is 15.5 Å². The molecule has 2 aliphatic heterocycles. The fourth-order valence-corrected chi connectivity index (χ4v) is 4.73. The van der Waals surface area contributed by atoms with Crippen molar-refractivity contribution in [3.63, 3.8) is 0 Å². The highest BCUT2D eigenvalue weighted by Crippen LogP contribution is 2.39. The number of carbonyl (C=O) groups excluding carboxylic acids is 2. The van der Waals surface area contributed by atoms with Crippen molar-refractivity contribution in [1.29, 1.82) is 0 Å². The number of rotatable bonds is 4. The summed E-state index contributed by atoms with van der Waals surface area (Å²) in [5, 5.41) is 0.580. The Labute approximate surface area is 174 Å². The van der Waals surface area contributed by atoms with Gasteiger partial charge in [0.2, 0.25) is 5.91 Å². The van der Waals surface area contributed by atoms with Gasteiger partial charge in [0.15, 0.2) is 5.13 Å². The third-order valence-corrected chi connectivity index (χ3v) is 6.32. The van der Waals surface area contributed by atoms with Crippen molar-refractivity contribution in [1.82, 2.24) is 4.98 Å². The summed E-state index contributed by atoms with van der Waals surface area (Å²) >= 11 is 1.12. The van der Waals surface area contributed by atoms with Crippen LogP contribution in [0.25, 0.3) is 0 Å². The second-order valence-corrected chi connectivity index (χ2v) is 7.99. The number of carbonyl (C=O) groups is 2. The maximum atomic E-state index is 13.3. The summed E-state index contributed by atoms with van der Waals surface area (Å²) in [6, 6.07) is 3.82. The Morgan fingerprint density at radius 3 is 2.60 bits per heavy atom. The lowest BCUT2D eigenvalue weighted by molar-refractivity contribution is -0.138. The topological polar surface area (TPSA) is 88.8 Å². The van der Waals surface area contributed by atoms with E-state index in [0.29, 0.717) is 31.4 Å². The second-order valence-electron chi connectivity index (χ2n) is 7.01. The summed E-state index contributed by atoms with van der Waals surface area (Å²) in [7, 11) is 0. The van der Waals surface area contributed by atoms with E-state index in [-0.39, 0.29) is 41.2 Å². The number of thiazole rings is 1. The largest absolute Gasteiger partial charge is 0.416 e. The number of anilines is 2. The van der Waals surface area contributed by atoms with Crippen LogP contribution in [0.15, 0.2) is 18.2 Å². The lowest BCUT2D eigenvalue weighted by Gasteiger charge is -2.26. The van der Waals surface area contributed by atoms with E-state index in [4.69, 9.17) is 10.5 Å². The Kier molecular flexibility index (Phi) is 5.41. The quantitative estimate of drug-likeness (QED) is 0.788. The van der Waals surface area contributed by atoms with E-state index in [9.17, 15) is 22.8 Å². The van der Waals surface area contributed by atoms with E-state index in [1.807, 2.05) is 4.90 Å². The number of alkyl halides is 3. The standard InChI is InChI=1S/C19H19F3N4O3S/c20-19(21,22)12-2-1-3-14-11(12)4-5-26(14)15(27)10-13-16(17(23)28)30-18(24-13)25-6-8-29-9-7-25/h1-3H,4-10H2,(H2,23,28). The SMILES string of the molecule is NC(=O)c1sc(N2CCOCC2)nc1CC(=O)N1CCc2c1cccc2C(F)(F)F. The highest BCUT2D eigenvalue weighted by molar-refractivity contribution is 7.17. The second kappa shape index (κ2) is 7.88. The van der Waals surface area contributed by atoms with Gasteiger partial charge in [0.1, 0.15) is 4.88 Å². The molecule has 11 heteroatoms. The summed E-state index contributed by atoms with van der Waals surface area (Å²) in [6.07, 6.45) is -4.57. The highest BCUT2D eigenvalue weighted by atomic mass is 32.1. The van der Waals surface area contributed by atoms with Crippen LogP contribution in [0.2, 0.25) is 0 Å². The predicted octanol–water partition coefficient (Wildman–Crippen LogP) is 2.23. The minimum atomic E-state index is -4.48. The number of hydrogen-bond donors (Lipinski definition) is 1. The number of hydrogen-bond acceptors (Lipinski definition) is 6. The number of amides is 2. The Balaban J connectivity index is 1.58. The minimum Gasteiger partial charge on any atom is -0.378 e. The maximum Gasteiger partial charge on any atom is 0.416 e. The van der Waals surface area contributed by atoms with Gasteiger partial charge in [0.25, 0.3) is 5.91 Å². The van der Waals surface area contributed by atoms with E-state index in [1.54, 1.807) is 0 Å². The maximum absolute atomic E-state index is 13.3. The summed E-state index contributed by atoms with van der Waals surface area (Å²) in [6.45, 7) is 2.43. The monoisotopic (exact) mass is 440 g/mol. The molecule has 0 atom stereocenters. The minimum absolute atomic E-state index is 0.112. The zero-order valence-electron chi connectivity index (χ0n) is 15.9. The van der Waals surface area contributed by atoms with Crippen LogP contribution in [-0.2, 0) is 28.5 Å². The number of halogens is 3. The summed E-state index contributed by atoms with van der Waals surface area (Å²) in [5.41, 5.74) is 5.35. The lowest BCUT2D eigenvalue weighted by atomic mass is 10.0. The van der Waals surface area contributed by atoms with Crippen molar-refractivity contribution in [2.45, 2.75) is 19.0 Å². The normalized spacial score (nSPS) is 16.6. The highest BCUT2D eigenvalue weighted by Gasteiger charge is 2.38. The molecule has 0 radical (unpaired) electrons. The molecule has 2 aliphatic rings. The van der Waals surface area contributed by atoms with E-state index < -0.39 is 23.6 Å². The fraction of sp³-hybridized carbons (Fsp3) is 0.421. The number of benzene rings is 1. The Morgan fingerprint density at radius 2 is 1.93 bits per heavy atom. The van der Waals surface area contributed by atoms with Crippen LogP contribution in [0.1, 0.15) is 26.5 Å². The summed E-state index contributed by atoms with van der Waals surface area (Å²) in [5.74, 6) is -1.11. The van der Waals surface area contributed by atoms with Crippen molar-refractivity contribution < 1.29 is 27.5 Å². The van der Waals surface area contributed by atoms with Crippen LogP contribution in [0.4, 0.5) is 24.0 Å². The zero-order valence-corrected chi connectivity index (χ0v) is 16.7. The van der Waals surface area contributed by atoms with Crippen molar-refractivity contribution in [3.05, 3.63) is 39.9 Å². The number of fused-ring (bicyclic) bond motifs is 1. The van der Waals surface area contributed by atoms with Gasteiger partial charge in [-0.2, -0.15) is 13.2 Å². The third kappa shape index (κ3) is 3.86. The van der Waals surface area contributed by atoms with Crippen LogP contribution in [0.3, 0.4) is 0 Å². The lowest BCUT2D eigenvalue weighted by Crippen LogP contribution is -2.36. The molecule has 0 aliphatic carbocycles. The third-order valence-electron chi connectivity index (χ3n) is 5.14.